The Morgan fingerprint density at radius 3 is 2.47 bits per heavy atom. The molecule has 1 saturated heterocycles. The highest BCUT2D eigenvalue weighted by atomic mass is 16.5. The van der Waals surface area contributed by atoms with Crippen molar-refractivity contribution in [1.82, 2.24) is 5.32 Å². The maximum absolute atomic E-state index is 12.2. The van der Waals surface area contributed by atoms with Gasteiger partial charge in [-0.15, -0.1) is 0 Å². The summed E-state index contributed by atoms with van der Waals surface area (Å²) in [6.45, 7) is 5.85. The van der Waals surface area contributed by atoms with E-state index < -0.39 is 0 Å². The molecule has 4 rings (SSSR count). The van der Waals surface area contributed by atoms with Crippen LogP contribution < -0.4 is 25.0 Å². The Balaban J connectivity index is 1.32. The van der Waals surface area contributed by atoms with E-state index >= 15 is 0 Å². The van der Waals surface area contributed by atoms with E-state index in [-0.39, 0.29) is 24.5 Å². The molecular weight excluding hydrogens is 454 g/mol. The zero-order chi connectivity index (χ0) is 25.3. The number of carbonyl (C=O) groups excluding carboxylic acids is 2. The van der Waals surface area contributed by atoms with Crippen molar-refractivity contribution in [2.45, 2.75) is 39.3 Å². The van der Waals surface area contributed by atoms with Crippen LogP contribution in [-0.2, 0) is 16.1 Å². The SMILES string of the molecule is CCOc1cc(CNC(C)c2ccc(N3CCCC3=O)cc2)ccc1OCC(=O)Nc1ccccc1. The molecule has 36 heavy (non-hydrogen) atoms. The summed E-state index contributed by atoms with van der Waals surface area (Å²) >= 11 is 0. The van der Waals surface area contributed by atoms with Crippen molar-refractivity contribution < 1.29 is 19.1 Å². The third kappa shape index (κ3) is 6.64. The first-order valence-corrected chi connectivity index (χ1v) is 12.4. The maximum atomic E-state index is 12.2. The molecule has 7 heteroatoms. The molecule has 1 atom stereocenters. The van der Waals surface area contributed by atoms with Crippen LogP contribution in [0.25, 0.3) is 0 Å². The van der Waals surface area contributed by atoms with Gasteiger partial charge in [0.25, 0.3) is 5.91 Å². The van der Waals surface area contributed by atoms with Crippen LogP contribution >= 0.6 is 0 Å². The fraction of sp³-hybridized carbons (Fsp3) is 0.310. The molecule has 3 aromatic carbocycles. The lowest BCUT2D eigenvalue weighted by molar-refractivity contribution is -0.118. The molecule has 2 N–H and O–H groups in total. The molecule has 1 aliphatic heterocycles. The van der Waals surface area contributed by atoms with Gasteiger partial charge in [-0.2, -0.15) is 0 Å². The van der Waals surface area contributed by atoms with Crippen LogP contribution in [0.3, 0.4) is 0 Å². The minimum absolute atomic E-state index is 0.109. The number of para-hydroxylation sites is 1. The first kappa shape index (κ1) is 25.3. The average molecular weight is 488 g/mol. The Bertz CT molecular complexity index is 1160. The molecule has 7 nitrogen and oxygen atoms in total. The summed E-state index contributed by atoms with van der Waals surface area (Å²) in [5.74, 6) is 1.10. The monoisotopic (exact) mass is 487 g/mol. The number of nitrogens with one attached hydrogen (secondary N) is 2. The molecule has 0 radical (unpaired) electrons. The topological polar surface area (TPSA) is 79.9 Å². The van der Waals surface area contributed by atoms with Crippen molar-refractivity contribution in [3.8, 4) is 11.5 Å². The first-order valence-electron chi connectivity index (χ1n) is 12.4. The number of benzene rings is 3. The Kier molecular flexibility index (Phi) is 8.57. The van der Waals surface area contributed by atoms with Gasteiger partial charge in [-0.25, -0.2) is 0 Å². The zero-order valence-corrected chi connectivity index (χ0v) is 20.8. The first-order chi connectivity index (χ1) is 17.5. The third-order valence-corrected chi connectivity index (χ3v) is 6.11. The van der Waals surface area contributed by atoms with Crippen LogP contribution in [-0.4, -0.2) is 31.6 Å². The zero-order valence-electron chi connectivity index (χ0n) is 20.8. The second-order valence-corrected chi connectivity index (χ2v) is 8.76. The van der Waals surface area contributed by atoms with Gasteiger partial charge in [0.05, 0.1) is 6.61 Å². The standard InChI is InChI=1S/C29H33N3O4/c1-3-35-27-18-22(11-16-26(27)36-20-28(33)31-24-8-5-4-6-9-24)19-30-21(2)23-12-14-25(15-13-23)32-17-7-10-29(32)34/h4-6,8-9,11-16,18,21,30H,3,7,10,17,19-20H2,1-2H3,(H,31,33). The van der Waals surface area contributed by atoms with Crippen LogP contribution in [0.2, 0.25) is 0 Å². The molecule has 0 bridgehead atoms. The number of anilines is 2. The molecule has 1 aliphatic rings. The smallest absolute Gasteiger partial charge is 0.262 e. The van der Waals surface area contributed by atoms with Crippen LogP contribution in [0, 0.1) is 0 Å². The molecule has 0 aromatic heterocycles. The highest BCUT2D eigenvalue weighted by Crippen LogP contribution is 2.29. The van der Waals surface area contributed by atoms with Crippen LogP contribution in [0.1, 0.15) is 43.9 Å². The largest absolute Gasteiger partial charge is 0.490 e. The van der Waals surface area contributed by atoms with Gasteiger partial charge >= 0.3 is 0 Å². The van der Waals surface area contributed by atoms with E-state index in [0.717, 1.165) is 35.5 Å². The summed E-state index contributed by atoms with van der Waals surface area (Å²) in [6, 6.07) is 23.3. The van der Waals surface area contributed by atoms with Crippen molar-refractivity contribution in [1.29, 1.82) is 0 Å². The number of ether oxygens (including phenoxy) is 2. The van der Waals surface area contributed by atoms with Gasteiger partial charge in [0.2, 0.25) is 5.91 Å². The number of amides is 2. The van der Waals surface area contributed by atoms with E-state index in [1.807, 2.05) is 72.5 Å². The predicted octanol–water partition coefficient (Wildman–Crippen LogP) is 5.08. The molecule has 1 fully saturated rings. The maximum Gasteiger partial charge on any atom is 0.262 e. The number of hydrogen-bond acceptors (Lipinski definition) is 5. The van der Waals surface area contributed by atoms with Gasteiger partial charge in [-0.1, -0.05) is 36.4 Å². The van der Waals surface area contributed by atoms with E-state index in [2.05, 4.69) is 29.7 Å². The molecule has 0 saturated carbocycles. The summed E-state index contributed by atoms with van der Waals surface area (Å²) in [5.41, 5.74) is 3.89. The van der Waals surface area contributed by atoms with Gasteiger partial charge in [0.1, 0.15) is 0 Å². The van der Waals surface area contributed by atoms with E-state index in [1.165, 1.54) is 0 Å². The number of carbonyl (C=O) groups is 2. The van der Waals surface area contributed by atoms with Crippen molar-refractivity contribution in [3.63, 3.8) is 0 Å². The Labute approximate surface area is 212 Å². The molecular formula is C29H33N3O4. The van der Waals surface area contributed by atoms with Gasteiger partial charge < -0.3 is 25.0 Å². The van der Waals surface area contributed by atoms with Crippen LogP contribution in [0.4, 0.5) is 11.4 Å². The van der Waals surface area contributed by atoms with Crippen molar-refractivity contribution in [2.24, 2.45) is 0 Å². The third-order valence-electron chi connectivity index (χ3n) is 6.11. The average Bonchev–Trinajstić information content (AvgIpc) is 3.33. The van der Waals surface area contributed by atoms with E-state index in [0.29, 0.717) is 31.1 Å². The van der Waals surface area contributed by atoms with Crippen LogP contribution in [0.5, 0.6) is 11.5 Å². The Hall–Kier alpha value is -3.84. The molecule has 1 heterocycles. The van der Waals surface area contributed by atoms with Gasteiger partial charge in [0, 0.05) is 36.9 Å². The summed E-state index contributed by atoms with van der Waals surface area (Å²) in [6.07, 6.45) is 1.56. The number of nitrogens with zero attached hydrogens (tertiary/aromatic N) is 1. The predicted molar refractivity (Wildman–Crippen MR) is 141 cm³/mol. The number of hydrogen-bond donors (Lipinski definition) is 2. The Morgan fingerprint density at radius 1 is 1.00 bits per heavy atom. The molecule has 2 amide bonds. The minimum Gasteiger partial charge on any atom is -0.490 e. The van der Waals surface area contributed by atoms with Crippen molar-refractivity contribution >= 4 is 23.2 Å². The fourth-order valence-electron chi connectivity index (χ4n) is 4.16. The van der Waals surface area contributed by atoms with E-state index in [9.17, 15) is 9.59 Å². The van der Waals surface area contributed by atoms with Crippen molar-refractivity contribution in [2.75, 3.05) is 30.0 Å². The number of rotatable bonds is 11. The molecule has 3 aromatic rings. The fourth-order valence-corrected chi connectivity index (χ4v) is 4.16. The lowest BCUT2D eigenvalue weighted by Crippen LogP contribution is -2.23. The molecule has 0 spiro atoms. The molecule has 0 aliphatic carbocycles. The molecule has 1 unspecified atom stereocenters. The minimum atomic E-state index is -0.233. The lowest BCUT2D eigenvalue weighted by atomic mass is 10.1. The summed E-state index contributed by atoms with van der Waals surface area (Å²) in [5, 5.41) is 6.35. The second-order valence-electron chi connectivity index (χ2n) is 8.76. The van der Waals surface area contributed by atoms with E-state index in [4.69, 9.17) is 9.47 Å². The van der Waals surface area contributed by atoms with E-state index in [1.54, 1.807) is 0 Å². The van der Waals surface area contributed by atoms with Gasteiger partial charge in [0.15, 0.2) is 18.1 Å². The molecule has 188 valence electrons. The second kappa shape index (κ2) is 12.2. The normalized spacial score (nSPS) is 13.9. The quantitative estimate of drug-likeness (QED) is 0.394. The highest BCUT2D eigenvalue weighted by Gasteiger charge is 2.21. The Morgan fingerprint density at radius 2 is 1.78 bits per heavy atom. The van der Waals surface area contributed by atoms with Gasteiger partial charge in [-0.3, -0.25) is 9.59 Å². The summed E-state index contributed by atoms with van der Waals surface area (Å²) in [4.78, 5) is 26.1. The summed E-state index contributed by atoms with van der Waals surface area (Å²) in [7, 11) is 0. The van der Waals surface area contributed by atoms with Gasteiger partial charge in [-0.05, 0) is 67.8 Å². The lowest BCUT2D eigenvalue weighted by Gasteiger charge is -2.19. The van der Waals surface area contributed by atoms with Crippen molar-refractivity contribution in [3.05, 3.63) is 83.9 Å². The van der Waals surface area contributed by atoms with Crippen LogP contribution in [0.15, 0.2) is 72.8 Å². The highest BCUT2D eigenvalue weighted by molar-refractivity contribution is 5.95. The summed E-state index contributed by atoms with van der Waals surface area (Å²) < 4.78 is 11.5.